The van der Waals surface area contributed by atoms with E-state index in [4.69, 9.17) is 16.3 Å². The second kappa shape index (κ2) is 9.75. The Labute approximate surface area is 192 Å². The molecule has 0 aliphatic carbocycles. The van der Waals surface area contributed by atoms with Crippen LogP contribution in [0, 0.1) is 0 Å². The molecule has 2 unspecified atom stereocenters. The summed E-state index contributed by atoms with van der Waals surface area (Å²) in [7, 11) is 0. The summed E-state index contributed by atoms with van der Waals surface area (Å²) in [4.78, 5) is 32.9. The molecular weight excluding hydrogens is 430 g/mol. The van der Waals surface area contributed by atoms with Crippen molar-refractivity contribution in [3.8, 4) is 0 Å². The van der Waals surface area contributed by atoms with Gasteiger partial charge >= 0.3 is 6.03 Å². The van der Waals surface area contributed by atoms with E-state index in [1.807, 2.05) is 12.1 Å². The zero-order valence-corrected chi connectivity index (χ0v) is 19.1. The molecule has 3 heterocycles. The lowest BCUT2D eigenvalue weighted by atomic mass is 10.2. The zero-order valence-electron chi connectivity index (χ0n) is 18.3. The smallest absolute Gasteiger partial charge is 0.319 e. The number of rotatable bonds is 5. The zero-order chi connectivity index (χ0) is 22.7. The fourth-order valence-electron chi connectivity index (χ4n) is 4.12. The van der Waals surface area contributed by atoms with Crippen molar-refractivity contribution in [1.29, 1.82) is 0 Å². The van der Waals surface area contributed by atoms with Gasteiger partial charge in [-0.05, 0) is 50.1 Å². The van der Waals surface area contributed by atoms with Gasteiger partial charge in [0.25, 0.3) is 0 Å². The van der Waals surface area contributed by atoms with E-state index in [0.717, 1.165) is 36.6 Å². The number of ether oxygens (including phenoxy) is 1. The van der Waals surface area contributed by atoms with E-state index in [-0.39, 0.29) is 24.1 Å². The molecule has 2 aromatic rings. The number of pyridine rings is 1. The van der Waals surface area contributed by atoms with E-state index in [1.54, 1.807) is 29.3 Å². The largest absolute Gasteiger partial charge is 0.372 e. The summed E-state index contributed by atoms with van der Waals surface area (Å²) in [6, 6.07) is 8.75. The number of amides is 3. The number of urea groups is 1. The van der Waals surface area contributed by atoms with Crippen LogP contribution in [0.25, 0.3) is 0 Å². The van der Waals surface area contributed by atoms with E-state index in [1.165, 1.54) is 0 Å². The van der Waals surface area contributed by atoms with Gasteiger partial charge in [-0.25, -0.2) is 9.78 Å². The van der Waals surface area contributed by atoms with Crippen molar-refractivity contribution < 1.29 is 14.3 Å². The molecule has 0 saturated carbocycles. The molecule has 0 spiro atoms. The number of nitrogens with one attached hydrogen (secondary N) is 2. The minimum absolute atomic E-state index is 0.0830. The third kappa shape index (κ3) is 5.31. The minimum Gasteiger partial charge on any atom is -0.372 e. The molecule has 2 aliphatic rings. The molecule has 32 heavy (non-hydrogen) atoms. The lowest BCUT2D eigenvalue weighted by Gasteiger charge is -2.36. The van der Waals surface area contributed by atoms with Crippen molar-refractivity contribution in [2.45, 2.75) is 45.4 Å². The summed E-state index contributed by atoms with van der Waals surface area (Å²) in [6.45, 7) is 6.74. The molecule has 1 aromatic carbocycles. The van der Waals surface area contributed by atoms with E-state index < -0.39 is 0 Å². The number of hydrogen-bond donors (Lipinski definition) is 2. The first-order valence-corrected chi connectivity index (χ1v) is 11.3. The van der Waals surface area contributed by atoms with E-state index in [0.29, 0.717) is 30.2 Å². The first-order valence-electron chi connectivity index (χ1n) is 10.9. The number of hydrogen-bond acceptors (Lipinski definition) is 5. The molecule has 0 radical (unpaired) electrons. The monoisotopic (exact) mass is 457 g/mol. The van der Waals surface area contributed by atoms with Gasteiger partial charge in [-0.15, -0.1) is 0 Å². The lowest BCUT2D eigenvalue weighted by molar-refractivity contribution is -0.117. The number of aromatic nitrogens is 1. The van der Waals surface area contributed by atoms with Crippen LogP contribution in [0.3, 0.4) is 0 Å². The first-order chi connectivity index (χ1) is 15.4. The number of benzene rings is 1. The number of halogens is 1. The van der Waals surface area contributed by atoms with Crippen LogP contribution >= 0.6 is 11.6 Å². The second-order valence-corrected chi connectivity index (χ2v) is 8.71. The Bertz CT molecular complexity index is 974. The molecule has 2 atom stereocenters. The summed E-state index contributed by atoms with van der Waals surface area (Å²) in [6.07, 6.45) is 3.48. The molecular formula is C23H28ClN5O3. The summed E-state index contributed by atoms with van der Waals surface area (Å²) in [5.74, 6) is 0.986. The van der Waals surface area contributed by atoms with Gasteiger partial charge in [0.15, 0.2) is 0 Å². The van der Waals surface area contributed by atoms with Crippen LogP contribution in [0.4, 0.5) is 22.0 Å². The average Bonchev–Trinajstić information content (AvgIpc) is 3.19. The number of morpholine rings is 1. The normalized spacial score (nSPS) is 21.0. The molecule has 3 amide bonds. The summed E-state index contributed by atoms with van der Waals surface area (Å²) >= 11 is 6.24. The van der Waals surface area contributed by atoms with Crippen LogP contribution in [0.1, 0.15) is 32.3 Å². The number of carbonyl (C=O) groups is 2. The Morgan fingerprint density at radius 2 is 2.00 bits per heavy atom. The Balaban J connectivity index is 1.33. The topological polar surface area (TPSA) is 86.8 Å². The van der Waals surface area contributed by atoms with Crippen molar-refractivity contribution in [2.24, 2.45) is 0 Å². The molecule has 2 aliphatic heterocycles. The molecule has 2 N–H and O–H groups in total. The van der Waals surface area contributed by atoms with Crippen LogP contribution in [0.5, 0.6) is 0 Å². The Morgan fingerprint density at radius 3 is 2.66 bits per heavy atom. The van der Waals surface area contributed by atoms with Gasteiger partial charge in [-0.1, -0.05) is 17.7 Å². The SMILES string of the molecule is CC1CN(c2ccc(CNC(=O)Nc3cc(N4CCCC4=O)ccc3Cl)cn2)CC(C)O1. The van der Waals surface area contributed by atoms with Gasteiger partial charge in [0, 0.05) is 44.5 Å². The highest BCUT2D eigenvalue weighted by atomic mass is 35.5. The predicted molar refractivity (Wildman–Crippen MR) is 125 cm³/mol. The van der Waals surface area contributed by atoms with Crippen molar-refractivity contribution in [3.63, 3.8) is 0 Å². The molecule has 2 saturated heterocycles. The first kappa shape index (κ1) is 22.4. The van der Waals surface area contributed by atoms with E-state index in [2.05, 4.69) is 34.4 Å². The van der Waals surface area contributed by atoms with Crippen molar-refractivity contribution in [1.82, 2.24) is 10.3 Å². The number of carbonyl (C=O) groups excluding carboxylic acids is 2. The lowest BCUT2D eigenvalue weighted by Crippen LogP contribution is -2.45. The Kier molecular flexibility index (Phi) is 6.81. The highest BCUT2D eigenvalue weighted by Crippen LogP contribution is 2.30. The molecule has 1 aromatic heterocycles. The van der Waals surface area contributed by atoms with Gasteiger partial charge in [-0.3, -0.25) is 4.79 Å². The maximum Gasteiger partial charge on any atom is 0.319 e. The van der Waals surface area contributed by atoms with Crippen LogP contribution in [0.15, 0.2) is 36.5 Å². The Morgan fingerprint density at radius 1 is 1.22 bits per heavy atom. The van der Waals surface area contributed by atoms with Gasteiger partial charge in [0.1, 0.15) is 5.82 Å². The third-order valence-electron chi connectivity index (χ3n) is 5.59. The van der Waals surface area contributed by atoms with Crippen LogP contribution in [-0.2, 0) is 16.1 Å². The van der Waals surface area contributed by atoms with Crippen LogP contribution < -0.4 is 20.4 Å². The average molecular weight is 458 g/mol. The molecule has 9 heteroatoms. The van der Waals surface area contributed by atoms with Gasteiger partial charge < -0.3 is 25.2 Å². The number of anilines is 3. The third-order valence-corrected chi connectivity index (χ3v) is 5.92. The fraction of sp³-hybridized carbons (Fsp3) is 0.435. The molecule has 2 fully saturated rings. The van der Waals surface area contributed by atoms with Crippen molar-refractivity contribution in [3.05, 3.63) is 47.1 Å². The molecule has 4 rings (SSSR count). The van der Waals surface area contributed by atoms with Gasteiger partial charge in [0.2, 0.25) is 5.91 Å². The molecule has 170 valence electrons. The fourth-order valence-corrected chi connectivity index (χ4v) is 4.29. The van der Waals surface area contributed by atoms with Crippen molar-refractivity contribution in [2.75, 3.05) is 34.8 Å². The standard InChI is InChI=1S/C23H28ClN5O3/c1-15-13-28(14-16(2)32-15)21-8-5-17(11-25-21)12-26-23(31)27-20-10-18(6-7-19(20)24)29-9-3-4-22(29)30/h5-8,10-11,15-16H,3-4,9,12-14H2,1-2H3,(H2,26,27,31). The maximum atomic E-state index is 12.4. The highest BCUT2D eigenvalue weighted by Gasteiger charge is 2.24. The molecule has 8 nitrogen and oxygen atoms in total. The van der Waals surface area contributed by atoms with Crippen molar-refractivity contribution >= 4 is 40.7 Å². The summed E-state index contributed by atoms with van der Waals surface area (Å²) in [5, 5.41) is 6.00. The predicted octanol–water partition coefficient (Wildman–Crippen LogP) is 3.80. The minimum atomic E-state index is -0.378. The quantitative estimate of drug-likeness (QED) is 0.713. The summed E-state index contributed by atoms with van der Waals surface area (Å²) in [5.41, 5.74) is 2.09. The van der Waals surface area contributed by atoms with E-state index >= 15 is 0 Å². The second-order valence-electron chi connectivity index (χ2n) is 8.31. The highest BCUT2D eigenvalue weighted by molar-refractivity contribution is 6.33. The molecule has 0 bridgehead atoms. The Hall–Kier alpha value is -2.84. The summed E-state index contributed by atoms with van der Waals surface area (Å²) < 4.78 is 5.77. The van der Waals surface area contributed by atoms with Crippen LogP contribution in [-0.4, -0.2) is 48.8 Å². The van der Waals surface area contributed by atoms with E-state index in [9.17, 15) is 9.59 Å². The number of nitrogens with zero attached hydrogens (tertiary/aromatic N) is 3. The maximum absolute atomic E-state index is 12.4. The van der Waals surface area contributed by atoms with Crippen LogP contribution in [0.2, 0.25) is 5.02 Å². The van der Waals surface area contributed by atoms with Gasteiger partial charge in [0.05, 0.1) is 22.9 Å². The van der Waals surface area contributed by atoms with Gasteiger partial charge in [-0.2, -0.15) is 0 Å².